The Hall–Kier alpha value is -3.29. The first kappa shape index (κ1) is 20.4. The second kappa shape index (κ2) is 9.27. The van der Waals surface area contributed by atoms with Crippen LogP contribution in [0.1, 0.15) is 20.7 Å². The second-order valence-electron chi connectivity index (χ2n) is 5.94. The third kappa shape index (κ3) is 5.60. The summed E-state index contributed by atoms with van der Waals surface area (Å²) in [6.45, 7) is 0. The Morgan fingerprint density at radius 3 is 2.21 bits per heavy atom. The first-order valence-electron chi connectivity index (χ1n) is 8.46. The number of hydrogen-bond acceptors (Lipinski definition) is 3. The fourth-order valence-corrected chi connectivity index (χ4v) is 2.83. The van der Waals surface area contributed by atoms with E-state index < -0.39 is 11.7 Å². The average Bonchev–Trinajstić information content (AvgIpc) is 2.71. The molecule has 0 unspecified atom stereocenters. The molecule has 3 aromatic carbocycles. The SMILES string of the molecule is O=C(NC(=S)Nc1cccc(C(=O)Nc2ccc(F)c(Cl)c2)c1)c1ccccc1. The summed E-state index contributed by atoms with van der Waals surface area (Å²) < 4.78 is 13.2. The third-order valence-corrected chi connectivity index (χ3v) is 4.32. The molecule has 0 aliphatic carbocycles. The Morgan fingerprint density at radius 2 is 1.48 bits per heavy atom. The van der Waals surface area contributed by atoms with E-state index in [4.69, 9.17) is 23.8 Å². The molecule has 0 radical (unpaired) electrons. The van der Waals surface area contributed by atoms with E-state index in [1.807, 2.05) is 6.07 Å². The third-order valence-electron chi connectivity index (χ3n) is 3.82. The van der Waals surface area contributed by atoms with Gasteiger partial charge in [-0.1, -0.05) is 35.9 Å². The molecule has 0 saturated carbocycles. The summed E-state index contributed by atoms with van der Waals surface area (Å²) in [5.74, 6) is -1.32. The first-order chi connectivity index (χ1) is 13.9. The monoisotopic (exact) mass is 427 g/mol. The predicted octanol–water partition coefficient (Wildman–Crippen LogP) is 4.86. The van der Waals surface area contributed by atoms with Crippen molar-refractivity contribution in [3.8, 4) is 0 Å². The van der Waals surface area contributed by atoms with Crippen molar-refractivity contribution in [3.63, 3.8) is 0 Å². The molecular weight excluding hydrogens is 413 g/mol. The van der Waals surface area contributed by atoms with Crippen molar-refractivity contribution < 1.29 is 14.0 Å². The quantitative estimate of drug-likeness (QED) is 0.520. The van der Waals surface area contributed by atoms with Gasteiger partial charge in [0.2, 0.25) is 0 Å². The molecule has 0 atom stereocenters. The summed E-state index contributed by atoms with van der Waals surface area (Å²) in [7, 11) is 0. The molecule has 0 aliphatic rings. The van der Waals surface area contributed by atoms with E-state index in [9.17, 15) is 14.0 Å². The minimum absolute atomic E-state index is 0.0854. The fraction of sp³-hybridized carbons (Fsp3) is 0. The Bertz CT molecular complexity index is 1080. The highest BCUT2D eigenvalue weighted by molar-refractivity contribution is 7.80. The molecule has 3 N–H and O–H groups in total. The average molecular weight is 428 g/mol. The normalized spacial score (nSPS) is 10.1. The predicted molar refractivity (Wildman–Crippen MR) is 116 cm³/mol. The van der Waals surface area contributed by atoms with Gasteiger partial charge in [-0.05, 0) is 60.7 Å². The van der Waals surface area contributed by atoms with Gasteiger partial charge in [-0.2, -0.15) is 0 Å². The Labute approximate surface area is 176 Å². The molecule has 0 spiro atoms. The van der Waals surface area contributed by atoms with Crippen LogP contribution in [0, 0.1) is 5.82 Å². The zero-order chi connectivity index (χ0) is 20.8. The molecule has 0 aromatic heterocycles. The van der Waals surface area contributed by atoms with Crippen molar-refractivity contribution in [1.82, 2.24) is 5.32 Å². The molecule has 3 aromatic rings. The van der Waals surface area contributed by atoms with Crippen LogP contribution >= 0.6 is 23.8 Å². The molecule has 0 bridgehead atoms. The standard InChI is InChI=1S/C21H15ClFN3O2S/c22-17-12-16(9-10-18(17)23)24-20(28)14-7-4-8-15(11-14)25-21(29)26-19(27)13-5-2-1-3-6-13/h1-12H,(H,24,28)(H2,25,26,27,29). The second-order valence-corrected chi connectivity index (χ2v) is 6.75. The Morgan fingerprint density at radius 1 is 0.793 bits per heavy atom. The van der Waals surface area contributed by atoms with Gasteiger partial charge in [0.1, 0.15) is 5.82 Å². The summed E-state index contributed by atoms with van der Waals surface area (Å²) in [5.41, 5.74) is 1.70. The maximum absolute atomic E-state index is 13.2. The topological polar surface area (TPSA) is 70.2 Å². The number of nitrogens with one attached hydrogen (secondary N) is 3. The summed E-state index contributed by atoms with van der Waals surface area (Å²) in [5, 5.41) is 8.10. The van der Waals surface area contributed by atoms with Crippen LogP contribution in [0.2, 0.25) is 5.02 Å². The van der Waals surface area contributed by atoms with Crippen molar-refractivity contribution in [2.45, 2.75) is 0 Å². The largest absolute Gasteiger partial charge is 0.332 e. The lowest BCUT2D eigenvalue weighted by Gasteiger charge is -2.11. The minimum atomic E-state index is -0.568. The van der Waals surface area contributed by atoms with Crippen LogP contribution in [0.15, 0.2) is 72.8 Å². The van der Waals surface area contributed by atoms with E-state index in [0.717, 1.165) is 0 Å². The van der Waals surface area contributed by atoms with Gasteiger partial charge in [0, 0.05) is 22.5 Å². The van der Waals surface area contributed by atoms with Crippen molar-refractivity contribution in [3.05, 3.63) is 94.8 Å². The number of benzene rings is 3. The van der Waals surface area contributed by atoms with Crippen molar-refractivity contribution >= 4 is 52.1 Å². The lowest BCUT2D eigenvalue weighted by Crippen LogP contribution is -2.34. The highest BCUT2D eigenvalue weighted by Crippen LogP contribution is 2.20. The molecule has 5 nitrogen and oxygen atoms in total. The molecule has 0 heterocycles. The van der Waals surface area contributed by atoms with E-state index in [-0.39, 0.29) is 16.0 Å². The smallest absolute Gasteiger partial charge is 0.257 e. The molecule has 29 heavy (non-hydrogen) atoms. The van der Waals surface area contributed by atoms with Gasteiger partial charge in [0.15, 0.2) is 5.11 Å². The zero-order valence-electron chi connectivity index (χ0n) is 14.9. The number of anilines is 2. The lowest BCUT2D eigenvalue weighted by molar-refractivity contribution is 0.0976. The molecule has 146 valence electrons. The van der Waals surface area contributed by atoms with Crippen LogP contribution in [0.25, 0.3) is 0 Å². The lowest BCUT2D eigenvalue weighted by atomic mass is 10.2. The van der Waals surface area contributed by atoms with Gasteiger partial charge in [-0.25, -0.2) is 4.39 Å². The maximum atomic E-state index is 13.2. The van der Waals surface area contributed by atoms with Crippen LogP contribution in [-0.4, -0.2) is 16.9 Å². The van der Waals surface area contributed by atoms with Crippen LogP contribution < -0.4 is 16.0 Å². The van der Waals surface area contributed by atoms with Crippen LogP contribution in [0.5, 0.6) is 0 Å². The molecule has 0 aliphatic heterocycles. The summed E-state index contributed by atoms with van der Waals surface area (Å²) in [4.78, 5) is 24.6. The number of rotatable bonds is 4. The molecule has 3 rings (SSSR count). The fourth-order valence-electron chi connectivity index (χ4n) is 2.44. The van der Waals surface area contributed by atoms with Gasteiger partial charge >= 0.3 is 0 Å². The number of carbonyl (C=O) groups is 2. The van der Waals surface area contributed by atoms with E-state index in [0.29, 0.717) is 22.5 Å². The van der Waals surface area contributed by atoms with Crippen LogP contribution in [-0.2, 0) is 0 Å². The number of carbonyl (C=O) groups excluding carboxylic acids is 2. The number of amides is 2. The molecule has 2 amide bonds. The summed E-state index contributed by atoms with van der Waals surface area (Å²) >= 11 is 10.9. The summed E-state index contributed by atoms with van der Waals surface area (Å²) in [6, 6.07) is 19.1. The van der Waals surface area contributed by atoms with Gasteiger partial charge in [0.05, 0.1) is 5.02 Å². The van der Waals surface area contributed by atoms with Crippen LogP contribution in [0.3, 0.4) is 0 Å². The van der Waals surface area contributed by atoms with Crippen molar-refractivity contribution in [2.24, 2.45) is 0 Å². The molecule has 0 saturated heterocycles. The van der Waals surface area contributed by atoms with Gasteiger partial charge in [-0.3, -0.25) is 14.9 Å². The Balaban J connectivity index is 1.64. The first-order valence-corrected chi connectivity index (χ1v) is 9.25. The Kier molecular flexibility index (Phi) is 6.54. The molecular formula is C21H15ClFN3O2S. The highest BCUT2D eigenvalue weighted by Gasteiger charge is 2.11. The number of halogens is 2. The number of thiocarbonyl (C=S) groups is 1. The summed E-state index contributed by atoms with van der Waals surface area (Å²) in [6.07, 6.45) is 0. The van der Waals surface area contributed by atoms with E-state index in [1.54, 1.807) is 48.5 Å². The van der Waals surface area contributed by atoms with Crippen molar-refractivity contribution in [2.75, 3.05) is 10.6 Å². The highest BCUT2D eigenvalue weighted by atomic mass is 35.5. The van der Waals surface area contributed by atoms with E-state index >= 15 is 0 Å². The van der Waals surface area contributed by atoms with Gasteiger partial charge in [0.25, 0.3) is 11.8 Å². The van der Waals surface area contributed by atoms with E-state index in [2.05, 4.69) is 16.0 Å². The minimum Gasteiger partial charge on any atom is -0.332 e. The van der Waals surface area contributed by atoms with Gasteiger partial charge in [-0.15, -0.1) is 0 Å². The molecule has 8 heteroatoms. The van der Waals surface area contributed by atoms with Crippen molar-refractivity contribution in [1.29, 1.82) is 0 Å². The molecule has 0 fully saturated rings. The number of hydrogen-bond donors (Lipinski definition) is 3. The zero-order valence-corrected chi connectivity index (χ0v) is 16.5. The van der Waals surface area contributed by atoms with Crippen LogP contribution in [0.4, 0.5) is 15.8 Å². The van der Waals surface area contributed by atoms with E-state index in [1.165, 1.54) is 18.2 Å². The van der Waals surface area contributed by atoms with Gasteiger partial charge < -0.3 is 10.6 Å². The maximum Gasteiger partial charge on any atom is 0.257 e.